The number of nitrogens with zero attached hydrogens (tertiary/aromatic N) is 1. The van der Waals surface area contributed by atoms with Crippen LogP contribution in [0.3, 0.4) is 0 Å². The van der Waals surface area contributed by atoms with Gasteiger partial charge in [0.25, 0.3) is 5.91 Å². The minimum absolute atomic E-state index is 0.0664. The second kappa shape index (κ2) is 7.59. The van der Waals surface area contributed by atoms with Crippen molar-refractivity contribution < 1.29 is 14.3 Å². The fourth-order valence-corrected chi connectivity index (χ4v) is 2.48. The van der Waals surface area contributed by atoms with Gasteiger partial charge in [-0.05, 0) is 23.1 Å². The summed E-state index contributed by atoms with van der Waals surface area (Å²) in [6, 6.07) is 7.63. The number of carbonyl (C=O) groups excluding carboxylic acids is 2. The Morgan fingerprint density at radius 2 is 1.74 bits per heavy atom. The van der Waals surface area contributed by atoms with Gasteiger partial charge in [-0.3, -0.25) is 9.59 Å². The van der Waals surface area contributed by atoms with E-state index in [2.05, 4.69) is 26.1 Å². The van der Waals surface area contributed by atoms with Gasteiger partial charge in [-0.2, -0.15) is 0 Å². The van der Waals surface area contributed by atoms with Crippen LogP contribution >= 0.6 is 0 Å². The molecule has 0 spiro atoms. The third-order valence-electron chi connectivity index (χ3n) is 4.00. The average molecular weight is 318 g/mol. The number of morpholine rings is 1. The minimum atomic E-state index is -0.139. The molecule has 0 unspecified atom stereocenters. The lowest BCUT2D eigenvalue weighted by atomic mass is 9.87. The predicted octanol–water partition coefficient (Wildman–Crippen LogP) is 1.96. The SMILES string of the molecule is CC(C)(C)c1ccc(C(=O)NCCC(=O)N2CCOCC2)cc1. The number of benzene rings is 1. The zero-order valence-corrected chi connectivity index (χ0v) is 14.2. The van der Waals surface area contributed by atoms with Crippen molar-refractivity contribution in [3.63, 3.8) is 0 Å². The molecular weight excluding hydrogens is 292 g/mol. The highest BCUT2D eigenvalue weighted by Crippen LogP contribution is 2.22. The average Bonchev–Trinajstić information content (AvgIpc) is 2.54. The number of amides is 2. The van der Waals surface area contributed by atoms with Crippen LogP contribution in [0.25, 0.3) is 0 Å². The predicted molar refractivity (Wildman–Crippen MR) is 89.5 cm³/mol. The molecule has 0 atom stereocenters. The lowest BCUT2D eigenvalue weighted by Gasteiger charge is -2.26. The van der Waals surface area contributed by atoms with Crippen molar-refractivity contribution in [2.45, 2.75) is 32.6 Å². The molecule has 5 nitrogen and oxygen atoms in total. The van der Waals surface area contributed by atoms with E-state index in [1.165, 1.54) is 5.56 Å². The second-order valence-corrected chi connectivity index (χ2v) is 6.83. The first-order valence-electron chi connectivity index (χ1n) is 8.12. The summed E-state index contributed by atoms with van der Waals surface area (Å²) in [5.41, 5.74) is 1.88. The third-order valence-corrected chi connectivity index (χ3v) is 4.00. The van der Waals surface area contributed by atoms with Crippen LogP contribution in [0.1, 0.15) is 43.1 Å². The molecule has 1 aromatic rings. The van der Waals surface area contributed by atoms with E-state index in [4.69, 9.17) is 4.74 Å². The first kappa shape index (κ1) is 17.5. The van der Waals surface area contributed by atoms with E-state index < -0.39 is 0 Å². The Bertz CT molecular complexity index is 540. The normalized spacial score (nSPS) is 15.3. The fraction of sp³-hybridized carbons (Fsp3) is 0.556. The lowest BCUT2D eigenvalue weighted by molar-refractivity contribution is -0.135. The topological polar surface area (TPSA) is 58.6 Å². The summed E-state index contributed by atoms with van der Waals surface area (Å²) in [7, 11) is 0. The van der Waals surface area contributed by atoms with Crippen molar-refractivity contribution in [3.8, 4) is 0 Å². The second-order valence-electron chi connectivity index (χ2n) is 6.83. The molecule has 126 valence electrons. The zero-order chi connectivity index (χ0) is 16.9. The quantitative estimate of drug-likeness (QED) is 0.923. The van der Waals surface area contributed by atoms with Gasteiger partial charge in [0.05, 0.1) is 13.2 Å². The summed E-state index contributed by atoms with van der Waals surface area (Å²) in [4.78, 5) is 25.9. The van der Waals surface area contributed by atoms with Gasteiger partial charge >= 0.3 is 0 Å². The Morgan fingerprint density at radius 1 is 1.13 bits per heavy atom. The van der Waals surface area contributed by atoms with Crippen LogP contribution in [0.2, 0.25) is 0 Å². The maximum absolute atomic E-state index is 12.1. The van der Waals surface area contributed by atoms with E-state index >= 15 is 0 Å². The van der Waals surface area contributed by atoms with E-state index in [1.54, 1.807) is 4.90 Å². The summed E-state index contributed by atoms with van der Waals surface area (Å²) < 4.78 is 5.22. The summed E-state index contributed by atoms with van der Waals surface area (Å²) >= 11 is 0. The summed E-state index contributed by atoms with van der Waals surface area (Å²) in [6.45, 7) is 9.24. The van der Waals surface area contributed by atoms with Crippen LogP contribution in [0, 0.1) is 0 Å². The Balaban J connectivity index is 1.79. The van der Waals surface area contributed by atoms with Gasteiger partial charge in [-0.1, -0.05) is 32.9 Å². The Hall–Kier alpha value is -1.88. The number of hydrogen-bond donors (Lipinski definition) is 1. The van der Waals surface area contributed by atoms with Crippen LogP contribution in [0.4, 0.5) is 0 Å². The standard InChI is InChI=1S/C18H26N2O3/c1-18(2,3)15-6-4-14(5-7-15)17(22)19-9-8-16(21)20-10-12-23-13-11-20/h4-7H,8-13H2,1-3H3,(H,19,22). The van der Waals surface area contributed by atoms with Gasteiger partial charge in [0.15, 0.2) is 0 Å². The first-order valence-corrected chi connectivity index (χ1v) is 8.12. The van der Waals surface area contributed by atoms with Gasteiger partial charge in [0.1, 0.15) is 0 Å². The summed E-state index contributed by atoms with van der Waals surface area (Å²) in [5.74, 6) is -0.0723. The Morgan fingerprint density at radius 3 is 2.30 bits per heavy atom. The molecule has 2 rings (SSSR count). The van der Waals surface area contributed by atoms with Crippen molar-refractivity contribution in [1.29, 1.82) is 0 Å². The highest BCUT2D eigenvalue weighted by atomic mass is 16.5. The molecule has 5 heteroatoms. The molecule has 0 aromatic heterocycles. The van der Waals surface area contributed by atoms with E-state index in [1.807, 2.05) is 24.3 Å². The van der Waals surface area contributed by atoms with Gasteiger partial charge in [-0.25, -0.2) is 0 Å². The van der Waals surface area contributed by atoms with E-state index in [0.29, 0.717) is 44.8 Å². The first-order chi connectivity index (χ1) is 10.9. The largest absolute Gasteiger partial charge is 0.378 e. The van der Waals surface area contributed by atoms with Crippen molar-refractivity contribution in [3.05, 3.63) is 35.4 Å². The maximum Gasteiger partial charge on any atom is 0.251 e. The van der Waals surface area contributed by atoms with Gasteiger partial charge in [0.2, 0.25) is 5.91 Å². The molecule has 0 aliphatic carbocycles. The van der Waals surface area contributed by atoms with Crippen LogP contribution in [-0.2, 0) is 14.9 Å². The molecule has 1 heterocycles. The van der Waals surface area contributed by atoms with Crippen molar-refractivity contribution in [1.82, 2.24) is 10.2 Å². The van der Waals surface area contributed by atoms with Crippen molar-refractivity contribution in [2.75, 3.05) is 32.8 Å². The summed E-state index contributed by atoms with van der Waals surface area (Å²) in [5, 5.41) is 2.81. The molecule has 1 aliphatic heterocycles. The molecule has 0 radical (unpaired) electrons. The van der Waals surface area contributed by atoms with Gasteiger partial charge in [0, 0.05) is 31.6 Å². The minimum Gasteiger partial charge on any atom is -0.378 e. The van der Waals surface area contributed by atoms with Gasteiger partial charge < -0.3 is 15.0 Å². The molecule has 0 bridgehead atoms. The molecule has 1 aromatic carbocycles. The smallest absolute Gasteiger partial charge is 0.251 e. The van der Waals surface area contributed by atoms with Crippen LogP contribution in [-0.4, -0.2) is 49.6 Å². The number of carbonyl (C=O) groups is 2. The number of nitrogens with one attached hydrogen (secondary N) is 1. The zero-order valence-electron chi connectivity index (χ0n) is 14.2. The molecule has 2 amide bonds. The molecule has 1 fully saturated rings. The Kier molecular flexibility index (Phi) is 5.77. The highest BCUT2D eigenvalue weighted by Gasteiger charge is 2.17. The fourth-order valence-electron chi connectivity index (χ4n) is 2.48. The molecule has 1 saturated heterocycles. The van der Waals surface area contributed by atoms with E-state index in [0.717, 1.165) is 0 Å². The number of hydrogen-bond acceptors (Lipinski definition) is 3. The summed E-state index contributed by atoms with van der Waals surface area (Å²) in [6.07, 6.45) is 0.325. The molecule has 23 heavy (non-hydrogen) atoms. The van der Waals surface area contributed by atoms with Crippen LogP contribution < -0.4 is 5.32 Å². The Labute approximate surface area is 138 Å². The van der Waals surface area contributed by atoms with E-state index in [-0.39, 0.29) is 17.2 Å². The highest BCUT2D eigenvalue weighted by molar-refractivity contribution is 5.94. The van der Waals surface area contributed by atoms with Crippen LogP contribution in [0.5, 0.6) is 0 Å². The molecule has 1 N–H and O–H groups in total. The van der Waals surface area contributed by atoms with Crippen LogP contribution in [0.15, 0.2) is 24.3 Å². The lowest BCUT2D eigenvalue weighted by Crippen LogP contribution is -2.42. The van der Waals surface area contributed by atoms with Gasteiger partial charge in [-0.15, -0.1) is 0 Å². The number of ether oxygens (including phenoxy) is 1. The molecular formula is C18H26N2O3. The molecule has 0 saturated carbocycles. The van der Waals surface area contributed by atoms with Crippen molar-refractivity contribution >= 4 is 11.8 Å². The molecule has 1 aliphatic rings. The number of rotatable bonds is 4. The third kappa shape index (κ3) is 5.06. The van der Waals surface area contributed by atoms with Crippen molar-refractivity contribution in [2.24, 2.45) is 0 Å². The van der Waals surface area contributed by atoms with E-state index in [9.17, 15) is 9.59 Å². The monoisotopic (exact) mass is 318 g/mol. The maximum atomic E-state index is 12.1.